The predicted octanol–water partition coefficient (Wildman–Crippen LogP) is 3.01. The highest BCUT2D eigenvalue weighted by Gasteiger charge is 2.27. The first-order chi connectivity index (χ1) is 11.9. The normalized spacial score (nSPS) is 14.3. The molecule has 1 saturated carbocycles. The van der Waals surface area contributed by atoms with E-state index >= 15 is 0 Å². The third kappa shape index (κ3) is 5.14. The van der Waals surface area contributed by atoms with Crippen LogP contribution in [0.15, 0.2) is 53.4 Å². The van der Waals surface area contributed by atoms with Gasteiger partial charge < -0.3 is 5.32 Å². The Morgan fingerprint density at radius 3 is 2.48 bits per heavy atom. The van der Waals surface area contributed by atoms with Crippen LogP contribution in [0.1, 0.15) is 30.4 Å². The van der Waals surface area contributed by atoms with Gasteiger partial charge in [0, 0.05) is 18.2 Å². The van der Waals surface area contributed by atoms with Crippen molar-refractivity contribution in [1.82, 2.24) is 4.72 Å². The van der Waals surface area contributed by atoms with Crippen molar-refractivity contribution >= 4 is 21.6 Å². The van der Waals surface area contributed by atoms with Gasteiger partial charge in [-0.2, -0.15) is 0 Å². The zero-order valence-electron chi connectivity index (χ0n) is 14.2. The average molecular weight is 358 g/mol. The summed E-state index contributed by atoms with van der Waals surface area (Å²) in [6, 6.07) is 14.5. The number of anilines is 1. The van der Waals surface area contributed by atoms with E-state index in [1.807, 2.05) is 31.2 Å². The number of carbonyl (C=O) groups is 1. The summed E-state index contributed by atoms with van der Waals surface area (Å²) in [5, 5.41) is 2.87. The maximum absolute atomic E-state index is 12.1. The third-order valence-electron chi connectivity index (χ3n) is 4.08. The summed E-state index contributed by atoms with van der Waals surface area (Å²) >= 11 is 0. The molecule has 6 heteroatoms. The molecule has 1 aliphatic rings. The van der Waals surface area contributed by atoms with Crippen molar-refractivity contribution in [2.24, 2.45) is 0 Å². The smallest absolute Gasteiger partial charge is 0.240 e. The molecule has 2 N–H and O–H groups in total. The van der Waals surface area contributed by atoms with Gasteiger partial charge in [0.2, 0.25) is 15.9 Å². The maximum atomic E-state index is 12.1. The maximum Gasteiger partial charge on any atom is 0.240 e. The Hall–Kier alpha value is -2.18. The molecule has 0 radical (unpaired) electrons. The van der Waals surface area contributed by atoms with Crippen LogP contribution in [0.2, 0.25) is 0 Å². The fraction of sp³-hybridized carbons (Fsp3) is 0.316. The number of aryl methyl sites for hydroxylation is 2. The Morgan fingerprint density at radius 1 is 1.12 bits per heavy atom. The summed E-state index contributed by atoms with van der Waals surface area (Å²) in [4.78, 5) is 12.3. The number of carbonyl (C=O) groups excluding carboxylic acids is 1. The second kappa shape index (κ2) is 7.37. The molecule has 2 aromatic rings. The molecule has 0 saturated heterocycles. The summed E-state index contributed by atoms with van der Waals surface area (Å²) in [5.41, 5.74) is 2.82. The van der Waals surface area contributed by atoms with Crippen molar-refractivity contribution in [3.63, 3.8) is 0 Å². The van der Waals surface area contributed by atoms with Crippen LogP contribution in [0.25, 0.3) is 0 Å². The van der Waals surface area contributed by atoms with Crippen LogP contribution in [0.4, 0.5) is 5.69 Å². The monoisotopic (exact) mass is 358 g/mol. The predicted molar refractivity (Wildman–Crippen MR) is 97.9 cm³/mol. The molecule has 25 heavy (non-hydrogen) atoms. The SMILES string of the molecule is Cc1cccc(NC(=O)CCc2ccc(S(=O)(=O)NC3CC3)cc2)c1. The Kier molecular flexibility index (Phi) is 5.20. The van der Waals surface area contributed by atoms with Gasteiger partial charge in [-0.1, -0.05) is 24.3 Å². The van der Waals surface area contributed by atoms with Crippen molar-refractivity contribution in [3.8, 4) is 0 Å². The lowest BCUT2D eigenvalue weighted by Gasteiger charge is -2.08. The lowest BCUT2D eigenvalue weighted by Crippen LogP contribution is -2.25. The van der Waals surface area contributed by atoms with Crippen LogP contribution in [0.5, 0.6) is 0 Å². The lowest BCUT2D eigenvalue weighted by molar-refractivity contribution is -0.116. The van der Waals surface area contributed by atoms with Gasteiger partial charge >= 0.3 is 0 Å². The molecular weight excluding hydrogens is 336 g/mol. The van der Waals surface area contributed by atoms with Crippen LogP contribution in [0.3, 0.4) is 0 Å². The summed E-state index contributed by atoms with van der Waals surface area (Å²) in [6.07, 6.45) is 2.73. The summed E-state index contributed by atoms with van der Waals surface area (Å²) in [7, 11) is -3.42. The zero-order valence-corrected chi connectivity index (χ0v) is 15.0. The highest BCUT2D eigenvalue weighted by molar-refractivity contribution is 7.89. The van der Waals surface area contributed by atoms with E-state index in [-0.39, 0.29) is 16.8 Å². The Balaban J connectivity index is 1.53. The van der Waals surface area contributed by atoms with Crippen LogP contribution >= 0.6 is 0 Å². The minimum atomic E-state index is -3.42. The molecule has 1 amide bonds. The molecule has 1 aliphatic carbocycles. The standard InChI is InChI=1S/C19H22N2O3S/c1-14-3-2-4-17(13-14)20-19(22)12-7-15-5-10-18(11-6-15)25(23,24)21-16-8-9-16/h2-6,10-11,13,16,21H,7-9,12H2,1H3,(H,20,22). The quantitative estimate of drug-likeness (QED) is 0.799. The first kappa shape index (κ1) is 17.6. The molecule has 132 valence electrons. The molecule has 1 fully saturated rings. The summed E-state index contributed by atoms with van der Waals surface area (Å²) < 4.78 is 26.9. The Morgan fingerprint density at radius 2 is 1.84 bits per heavy atom. The molecule has 0 atom stereocenters. The van der Waals surface area contributed by atoms with Gasteiger partial charge in [0.1, 0.15) is 0 Å². The zero-order chi connectivity index (χ0) is 17.9. The fourth-order valence-corrected chi connectivity index (χ4v) is 3.83. The van der Waals surface area contributed by atoms with Gasteiger partial charge in [-0.25, -0.2) is 13.1 Å². The van der Waals surface area contributed by atoms with E-state index in [2.05, 4.69) is 10.0 Å². The number of hydrogen-bond donors (Lipinski definition) is 2. The van der Waals surface area contributed by atoms with E-state index in [4.69, 9.17) is 0 Å². The van der Waals surface area contributed by atoms with Gasteiger partial charge in [0.25, 0.3) is 0 Å². The van der Waals surface area contributed by atoms with Gasteiger partial charge in [-0.15, -0.1) is 0 Å². The van der Waals surface area contributed by atoms with E-state index in [1.165, 1.54) is 0 Å². The Bertz CT molecular complexity index is 856. The lowest BCUT2D eigenvalue weighted by atomic mass is 10.1. The number of rotatable bonds is 7. The van der Waals surface area contributed by atoms with Gasteiger partial charge in [-0.05, 0) is 61.6 Å². The van der Waals surface area contributed by atoms with Crippen molar-refractivity contribution < 1.29 is 13.2 Å². The van der Waals surface area contributed by atoms with E-state index in [1.54, 1.807) is 24.3 Å². The molecular formula is C19H22N2O3S. The molecule has 5 nitrogen and oxygen atoms in total. The molecule has 0 spiro atoms. The first-order valence-corrected chi connectivity index (χ1v) is 9.88. The van der Waals surface area contributed by atoms with Crippen LogP contribution in [-0.4, -0.2) is 20.4 Å². The highest BCUT2D eigenvalue weighted by Crippen LogP contribution is 2.22. The Labute approximate surface area is 148 Å². The van der Waals surface area contributed by atoms with Crippen molar-refractivity contribution in [3.05, 3.63) is 59.7 Å². The summed E-state index contributed by atoms with van der Waals surface area (Å²) in [5.74, 6) is -0.0577. The molecule has 3 rings (SSSR count). The average Bonchev–Trinajstić information content (AvgIpc) is 3.37. The molecule has 0 aliphatic heterocycles. The summed E-state index contributed by atoms with van der Waals surface area (Å²) in [6.45, 7) is 1.98. The first-order valence-electron chi connectivity index (χ1n) is 8.40. The molecule has 0 aromatic heterocycles. The number of benzene rings is 2. The van der Waals surface area contributed by atoms with Gasteiger partial charge in [-0.3, -0.25) is 4.79 Å². The molecule has 0 unspecified atom stereocenters. The van der Waals surface area contributed by atoms with E-state index in [9.17, 15) is 13.2 Å². The van der Waals surface area contributed by atoms with E-state index in [0.29, 0.717) is 12.8 Å². The van der Waals surface area contributed by atoms with Crippen LogP contribution < -0.4 is 10.0 Å². The number of hydrogen-bond acceptors (Lipinski definition) is 3. The van der Waals surface area contributed by atoms with Gasteiger partial charge in [0.05, 0.1) is 4.90 Å². The fourth-order valence-electron chi connectivity index (χ4n) is 2.53. The van der Waals surface area contributed by atoms with Crippen LogP contribution in [0, 0.1) is 6.92 Å². The number of sulfonamides is 1. The topological polar surface area (TPSA) is 75.3 Å². The minimum absolute atomic E-state index is 0.0577. The highest BCUT2D eigenvalue weighted by atomic mass is 32.2. The van der Waals surface area contributed by atoms with Crippen molar-refractivity contribution in [2.75, 3.05) is 5.32 Å². The molecule has 0 bridgehead atoms. The number of amides is 1. The third-order valence-corrected chi connectivity index (χ3v) is 5.61. The minimum Gasteiger partial charge on any atom is -0.326 e. The van der Waals surface area contributed by atoms with Crippen molar-refractivity contribution in [1.29, 1.82) is 0 Å². The van der Waals surface area contributed by atoms with E-state index in [0.717, 1.165) is 29.7 Å². The number of nitrogens with one attached hydrogen (secondary N) is 2. The van der Waals surface area contributed by atoms with Crippen molar-refractivity contribution in [2.45, 2.75) is 43.5 Å². The second-order valence-electron chi connectivity index (χ2n) is 6.46. The van der Waals surface area contributed by atoms with Crippen LogP contribution in [-0.2, 0) is 21.2 Å². The molecule has 0 heterocycles. The second-order valence-corrected chi connectivity index (χ2v) is 8.17. The van der Waals surface area contributed by atoms with E-state index < -0.39 is 10.0 Å². The van der Waals surface area contributed by atoms with Gasteiger partial charge in [0.15, 0.2) is 0 Å². The molecule has 2 aromatic carbocycles. The largest absolute Gasteiger partial charge is 0.326 e.